The summed E-state index contributed by atoms with van der Waals surface area (Å²) in [5.41, 5.74) is 1.38. The number of hydrogen-bond donors (Lipinski definition) is 2. The minimum atomic E-state index is 0. The Balaban J connectivity index is 0.00000144. The number of carbonyl (C=O) groups excluding carboxylic acids is 1. The Bertz CT molecular complexity index is 273. The van der Waals surface area contributed by atoms with Crippen LogP contribution in [0.4, 0.5) is 0 Å². The second-order valence-electron chi connectivity index (χ2n) is 4.87. The van der Waals surface area contributed by atoms with E-state index in [1.54, 1.807) is 0 Å². The van der Waals surface area contributed by atoms with Gasteiger partial charge in [0, 0.05) is 19.0 Å². The predicted octanol–water partition coefficient (Wildman–Crippen LogP) is 2.02. The third-order valence-electron chi connectivity index (χ3n) is 3.62. The molecule has 0 radical (unpaired) electrons. The molecule has 0 saturated heterocycles. The van der Waals surface area contributed by atoms with E-state index in [1.165, 1.54) is 24.8 Å². The summed E-state index contributed by atoms with van der Waals surface area (Å²) in [7, 11) is 0. The molecule has 1 heterocycles. The van der Waals surface area contributed by atoms with Crippen molar-refractivity contribution in [3.8, 4) is 0 Å². The maximum absolute atomic E-state index is 11.9. The highest BCUT2D eigenvalue weighted by Crippen LogP contribution is 2.23. The highest BCUT2D eigenvalue weighted by atomic mass is 35.5. The third kappa shape index (κ3) is 4.68. The Morgan fingerprint density at radius 3 is 2.76 bits per heavy atom. The van der Waals surface area contributed by atoms with Gasteiger partial charge in [-0.3, -0.25) is 4.79 Å². The van der Waals surface area contributed by atoms with Gasteiger partial charge in [-0.25, -0.2) is 0 Å². The van der Waals surface area contributed by atoms with E-state index >= 15 is 0 Å². The highest BCUT2D eigenvalue weighted by Gasteiger charge is 2.20. The fourth-order valence-corrected chi connectivity index (χ4v) is 2.54. The van der Waals surface area contributed by atoms with E-state index in [0.29, 0.717) is 0 Å². The molecule has 1 aliphatic carbocycles. The zero-order valence-electron chi connectivity index (χ0n) is 10.3. The van der Waals surface area contributed by atoms with Crippen LogP contribution in [0.2, 0.25) is 0 Å². The molecular weight excluding hydrogens is 236 g/mol. The molecule has 3 nitrogen and oxygen atoms in total. The van der Waals surface area contributed by atoms with Crippen LogP contribution in [0.5, 0.6) is 0 Å². The van der Waals surface area contributed by atoms with Crippen molar-refractivity contribution in [3.63, 3.8) is 0 Å². The zero-order valence-corrected chi connectivity index (χ0v) is 11.2. The van der Waals surface area contributed by atoms with Gasteiger partial charge in [-0.05, 0) is 25.8 Å². The van der Waals surface area contributed by atoms with Crippen molar-refractivity contribution in [2.45, 2.75) is 38.5 Å². The van der Waals surface area contributed by atoms with E-state index in [2.05, 4.69) is 16.7 Å². The molecule has 0 spiro atoms. The Hall–Kier alpha value is -0.540. The standard InChI is InChI=1S/C13H22N2O.ClH/c16-13(12-4-2-1-3-5-12)15-10-11-6-8-14-9-7-11;/h6,12,14H,1-5,7-10H2,(H,15,16);1H. The molecule has 0 aromatic rings. The normalized spacial score (nSPS) is 21.3. The van der Waals surface area contributed by atoms with Gasteiger partial charge in [0.25, 0.3) is 0 Å². The summed E-state index contributed by atoms with van der Waals surface area (Å²) in [4.78, 5) is 11.9. The summed E-state index contributed by atoms with van der Waals surface area (Å²) in [6.07, 6.45) is 9.21. The second kappa shape index (κ2) is 7.72. The van der Waals surface area contributed by atoms with Gasteiger partial charge < -0.3 is 10.6 Å². The highest BCUT2D eigenvalue weighted by molar-refractivity contribution is 5.85. The molecule has 2 rings (SSSR count). The molecule has 2 aliphatic rings. The van der Waals surface area contributed by atoms with E-state index in [-0.39, 0.29) is 24.2 Å². The van der Waals surface area contributed by atoms with E-state index in [0.717, 1.165) is 38.9 Å². The second-order valence-corrected chi connectivity index (χ2v) is 4.87. The number of amides is 1. The molecule has 0 unspecified atom stereocenters. The van der Waals surface area contributed by atoms with E-state index in [4.69, 9.17) is 0 Å². The van der Waals surface area contributed by atoms with Crippen molar-refractivity contribution in [3.05, 3.63) is 11.6 Å². The summed E-state index contributed by atoms with van der Waals surface area (Å²) < 4.78 is 0. The maximum Gasteiger partial charge on any atom is 0.223 e. The first-order valence-corrected chi connectivity index (χ1v) is 6.52. The van der Waals surface area contributed by atoms with Crippen molar-refractivity contribution in [1.29, 1.82) is 0 Å². The lowest BCUT2D eigenvalue weighted by atomic mass is 9.88. The summed E-state index contributed by atoms with van der Waals surface area (Å²) in [6.45, 7) is 2.76. The van der Waals surface area contributed by atoms with Gasteiger partial charge in [-0.1, -0.05) is 30.9 Å². The zero-order chi connectivity index (χ0) is 11.2. The number of halogens is 1. The molecule has 1 saturated carbocycles. The summed E-state index contributed by atoms with van der Waals surface area (Å²) in [5, 5.41) is 6.36. The minimum absolute atomic E-state index is 0. The fraction of sp³-hybridized carbons (Fsp3) is 0.769. The first-order chi connectivity index (χ1) is 7.86. The molecule has 4 heteroatoms. The minimum Gasteiger partial charge on any atom is -0.352 e. The predicted molar refractivity (Wildman–Crippen MR) is 72.4 cm³/mol. The van der Waals surface area contributed by atoms with Crippen LogP contribution < -0.4 is 10.6 Å². The molecule has 0 aromatic heterocycles. The Morgan fingerprint density at radius 2 is 2.12 bits per heavy atom. The molecule has 0 aromatic carbocycles. The molecule has 98 valence electrons. The lowest BCUT2D eigenvalue weighted by Crippen LogP contribution is -2.34. The molecule has 17 heavy (non-hydrogen) atoms. The quantitative estimate of drug-likeness (QED) is 0.761. The van der Waals surface area contributed by atoms with Crippen LogP contribution in [-0.2, 0) is 4.79 Å². The van der Waals surface area contributed by atoms with E-state index in [9.17, 15) is 4.79 Å². The van der Waals surface area contributed by atoms with Crippen molar-refractivity contribution in [2.24, 2.45) is 5.92 Å². The SMILES string of the molecule is Cl.O=C(NCC1=CCNCC1)C1CCCCC1. The van der Waals surface area contributed by atoms with Crippen LogP contribution in [0.25, 0.3) is 0 Å². The average Bonchev–Trinajstić information content (AvgIpc) is 2.38. The van der Waals surface area contributed by atoms with Gasteiger partial charge in [-0.15, -0.1) is 12.4 Å². The molecular formula is C13H23ClN2O. The molecule has 0 bridgehead atoms. The summed E-state index contributed by atoms with van der Waals surface area (Å²) in [6, 6.07) is 0. The van der Waals surface area contributed by atoms with Gasteiger partial charge in [-0.2, -0.15) is 0 Å². The molecule has 2 N–H and O–H groups in total. The topological polar surface area (TPSA) is 41.1 Å². The molecule has 1 aliphatic heterocycles. The number of carbonyl (C=O) groups is 1. The van der Waals surface area contributed by atoms with Crippen LogP contribution in [0.15, 0.2) is 11.6 Å². The third-order valence-corrected chi connectivity index (χ3v) is 3.62. The van der Waals surface area contributed by atoms with Crippen LogP contribution in [-0.4, -0.2) is 25.5 Å². The van der Waals surface area contributed by atoms with Gasteiger partial charge in [0.15, 0.2) is 0 Å². The summed E-state index contributed by atoms with van der Waals surface area (Å²) >= 11 is 0. The molecule has 1 amide bonds. The van der Waals surface area contributed by atoms with E-state index < -0.39 is 0 Å². The van der Waals surface area contributed by atoms with Gasteiger partial charge >= 0.3 is 0 Å². The molecule has 0 atom stereocenters. The van der Waals surface area contributed by atoms with Crippen molar-refractivity contribution in [2.75, 3.05) is 19.6 Å². The lowest BCUT2D eigenvalue weighted by Gasteiger charge is -2.21. The van der Waals surface area contributed by atoms with E-state index in [1.807, 2.05) is 0 Å². The summed E-state index contributed by atoms with van der Waals surface area (Å²) in [5.74, 6) is 0.565. The maximum atomic E-state index is 11.9. The number of nitrogens with one attached hydrogen (secondary N) is 2. The largest absolute Gasteiger partial charge is 0.352 e. The van der Waals surface area contributed by atoms with Crippen molar-refractivity contribution in [1.82, 2.24) is 10.6 Å². The van der Waals surface area contributed by atoms with Crippen molar-refractivity contribution < 1.29 is 4.79 Å². The lowest BCUT2D eigenvalue weighted by molar-refractivity contribution is -0.125. The van der Waals surface area contributed by atoms with Gasteiger partial charge in [0.1, 0.15) is 0 Å². The van der Waals surface area contributed by atoms with Crippen LogP contribution in [0.1, 0.15) is 38.5 Å². The first-order valence-electron chi connectivity index (χ1n) is 6.52. The van der Waals surface area contributed by atoms with Gasteiger partial charge in [0.2, 0.25) is 5.91 Å². The number of rotatable bonds is 3. The fourth-order valence-electron chi connectivity index (χ4n) is 2.54. The molecule has 1 fully saturated rings. The van der Waals surface area contributed by atoms with Crippen LogP contribution >= 0.6 is 12.4 Å². The first kappa shape index (κ1) is 14.5. The average molecular weight is 259 g/mol. The Labute approximate surface area is 110 Å². The van der Waals surface area contributed by atoms with Gasteiger partial charge in [0.05, 0.1) is 0 Å². The Morgan fingerprint density at radius 1 is 1.35 bits per heavy atom. The van der Waals surface area contributed by atoms with Crippen LogP contribution in [0.3, 0.4) is 0 Å². The number of hydrogen-bond acceptors (Lipinski definition) is 2. The van der Waals surface area contributed by atoms with Crippen molar-refractivity contribution >= 4 is 18.3 Å². The van der Waals surface area contributed by atoms with Crippen LogP contribution in [0, 0.1) is 5.92 Å². The monoisotopic (exact) mass is 258 g/mol. The Kier molecular flexibility index (Phi) is 6.60. The smallest absolute Gasteiger partial charge is 0.223 e.